The van der Waals surface area contributed by atoms with Crippen LogP contribution in [0.4, 0.5) is 4.39 Å². The molecule has 0 saturated heterocycles. The number of carbonyl (C=O) groups is 1. The lowest BCUT2D eigenvalue weighted by molar-refractivity contribution is 0.0926. The zero-order chi connectivity index (χ0) is 20.3. The van der Waals surface area contributed by atoms with Gasteiger partial charge in [0.15, 0.2) is 0 Å². The first kappa shape index (κ1) is 19.8. The van der Waals surface area contributed by atoms with Crippen LogP contribution in [-0.4, -0.2) is 22.2 Å². The molecule has 28 heavy (non-hydrogen) atoms. The van der Waals surface area contributed by atoms with E-state index in [-0.39, 0.29) is 23.7 Å². The number of hydrogen-bond acceptors (Lipinski definition) is 5. The fourth-order valence-corrected chi connectivity index (χ4v) is 2.67. The van der Waals surface area contributed by atoms with Gasteiger partial charge in [-0.15, -0.1) is 0 Å². The second kappa shape index (κ2) is 8.39. The summed E-state index contributed by atoms with van der Waals surface area (Å²) in [6.45, 7) is 5.45. The van der Waals surface area contributed by atoms with Crippen molar-refractivity contribution in [2.45, 2.75) is 32.9 Å². The number of nitrogens with one attached hydrogen (secondary N) is 1. The van der Waals surface area contributed by atoms with Gasteiger partial charge >= 0.3 is 0 Å². The predicted molar refractivity (Wildman–Crippen MR) is 103 cm³/mol. The molecule has 1 atom stereocenters. The predicted octanol–water partition coefficient (Wildman–Crippen LogP) is 4.81. The molecule has 0 fully saturated rings. The molecule has 0 aliphatic heterocycles. The van der Waals surface area contributed by atoms with Gasteiger partial charge in [-0.2, -0.15) is 4.98 Å². The zero-order valence-corrected chi connectivity index (χ0v) is 16.3. The molecule has 0 saturated carbocycles. The topological polar surface area (TPSA) is 77.2 Å². The van der Waals surface area contributed by atoms with Crippen LogP contribution >= 0.6 is 11.6 Å². The molecular weight excluding hydrogens is 385 g/mol. The number of aromatic nitrogens is 2. The van der Waals surface area contributed by atoms with Crippen molar-refractivity contribution in [2.75, 3.05) is 0 Å². The Labute approximate surface area is 166 Å². The molecule has 0 bridgehead atoms. The van der Waals surface area contributed by atoms with E-state index in [0.717, 1.165) is 0 Å². The van der Waals surface area contributed by atoms with Gasteiger partial charge in [-0.1, -0.05) is 16.8 Å². The van der Waals surface area contributed by atoms with Crippen LogP contribution in [0.3, 0.4) is 0 Å². The first-order valence-electron chi connectivity index (χ1n) is 8.70. The molecule has 3 aromatic rings. The summed E-state index contributed by atoms with van der Waals surface area (Å²) in [4.78, 5) is 17.0. The average Bonchev–Trinajstić information content (AvgIpc) is 3.13. The Bertz CT molecular complexity index is 973. The minimum atomic E-state index is -0.555. The van der Waals surface area contributed by atoms with Crippen LogP contribution in [0.1, 0.15) is 43.1 Å². The van der Waals surface area contributed by atoms with Crippen molar-refractivity contribution in [2.24, 2.45) is 0 Å². The highest BCUT2D eigenvalue weighted by Gasteiger charge is 2.21. The van der Waals surface area contributed by atoms with Gasteiger partial charge < -0.3 is 14.6 Å². The maximum atomic E-state index is 13.0. The fourth-order valence-electron chi connectivity index (χ4n) is 2.50. The van der Waals surface area contributed by atoms with Crippen LogP contribution in [0.25, 0.3) is 11.4 Å². The summed E-state index contributed by atoms with van der Waals surface area (Å²) >= 11 is 6.03. The van der Waals surface area contributed by atoms with Crippen LogP contribution in [0.2, 0.25) is 5.02 Å². The Balaban J connectivity index is 1.76. The summed E-state index contributed by atoms with van der Waals surface area (Å²) < 4.78 is 24.0. The average molecular weight is 404 g/mol. The van der Waals surface area contributed by atoms with E-state index in [2.05, 4.69) is 15.5 Å². The minimum Gasteiger partial charge on any atom is -0.490 e. The zero-order valence-electron chi connectivity index (χ0n) is 15.6. The maximum Gasteiger partial charge on any atom is 0.255 e. The van der Waals surface area contributed by atoms with E-state index in [4.69, 9.17) is 20.9 Å². The van der Waals surface area contributed by atoms with E-state index in [9.17, 15) is 9.18 Å². The van der Waals surface area contributed by atoms with Crippen molar-refractivity contribution < 1.29 is 18.4 Å². The molecule has 0 aliphatic rings. The third-order valence-corrected chi connectivity index (χ3v) is 4.05. The standard InChI is InChI=1S/C20H19ClFN3O3/c1-11(2)27-17-9-6-14(21)10-16(17)19(26)23-12(3)20-24-18(25-28-20)13-4-7-15(22)8-5-13/h4-12H,1-3H3,(H,23,26). The molecular formula is C20H19ClFN3O3. The van der Waals surface area contributed by atoms with Crippen molar-refractivity contribution >= 4 is 17.5 Å². The molecule has 2 aromatic carbocycles. The molecule has 6 nitrogen and oxygen atoms in total. The number of benzene rings is 2. The van der Waals surface area contributed by atoms with E-state index in [0.29, 0.717) is 27.7 Å². The molecule has 1 aromatic heterocycles. The summed E-state index contributed by atoms with van der Waals surface area (Å²) in [6.07, 6.45) is -0.0978. The SMILES string of the molecule is CC(C)Oc1ccc(Cl)cc1C(=O)NC(C)c1nc(-c2ccc(F)cc2)no1. The normalized spacial score (nSPS) is 12.1. The first-order valence-corrected chi connectivity index (χ1v) is 9.08. The smallest absolute Gasteiger partial charge is 0.255 e. The third-order valence-electron chi connectivity index (χ3n) is 3.81. The molecule has 146 valence electrons. The van der Waals surface area contributed by atoms with Gasteiger partial charge in [0.05, 0.1) is 11.7 Å². The summed E-state index contributed by atoms with van der Waals surface area (Å²) in [6, 6.07) is 10.0. The van der Waals surface area contributed by atoms with E-state index >= 15 is 0 Å². The van der Waals surface area contributed by atoms with Gasteiger partial charge in [-0.3, -0.25) is 4.79 Å². The van der Waals surface area contributed by atoms with Crippen LogP contribution in [0.15, 0.2) is 47.0 Å². The van der Waals surface area contributed by atoms with E-state index in [1.54, 1.807) is 37.3 Å². The lowest BCUT2D eigenvalue weighted by atomic mass is 10.1. The van der Waals surface area contributed by atoms with Crippen molar-refractivity contribution in [1.82, 2.24) is 15.5 Å². The summed E-state index contributed by atoms with van der Waals surface area (Å²) in [5.74, 6) is 0.228. The quantitative estimate of drug-likeness (QED) is 0.639. The Morgan fingerprint density at radius 2 is 1.89 bits per heavy atom. The van der Waals surface area contributed by atoms with Crippen LogP contribution < -0.4 is 10.1 Å². The molecule has 8 heteroatoms. The van der Waals surface area contributed by atoms with Gasteiger partial charge in [0, 0.05) is 10.6 Å². The molecule has 0 radical (unpaired) electrons. The van der Waals surface area contributed by atoms with Crippen molar-refractivity contribution in [1.29, 1.82) is 0 Å². The molecule has 1 amide bonds. The second-order valence-electron chi connectivity index (χ2n) is 6.47. The summed E-state index contributed by atoms with van der Waals surface area (Å²) in [5, 5.41) is 7.10. The Morgan fingerprint density at radius 1 is 1.18 bits per heavy atom. The number of carbonyl (C=O) groups excluding carboxylic acids is 1. The van der Waals surface area contributed by atoms with Crippen LogP contribution in [0, 0.1) is 5.82 Å². The first-order chi connectivity index (χ1) is 13.3. The van der Waals surface area contributed by atoms with Gasteiger partial charge in [0.25, 0.3) is 5.91 Å². The molecule has 3 rings (SSSR count). The van der Waals surface area contributed by atoms with Gasteiger partial charge in [-0.05, 0) is 63.2 Å². The van der Waals surface area contributed by atoms with E-state index in [1.165, 1.54) is 12.1 Å². The minimum absolute atomic E-state index is 0.0978. The lowest BCUT2D eigenvalue weighted by Crippen LogP contribution is -2.27. The Hall–Kier alpha value is -2.93. The fraction of sp³-hybridized carbons (Fsp3) is 0.250. The third kappa shape index (κ3) is 4.67. The highest BCUT2D eigenvalue weighted by molar-refractivity contribution is 6.31. The molecule has 0 aliphatic carbocycles. The van der Waals surface area contributed by atoms with Crippen molar-refractivity contribution in [3.8, 4) is 17.1 Å². The number of ether oxygens (including phenoxy) is 1. The van der Waals surface area contributed by atoms with Gasteiger partial charge in [0.1, 0.15) is 17.6 Å². The van der Waals surface area contributed by atoms with Gasteiger partial charge in [0.2, 0.25) is 11.7 Å². The largest absolute Gasteiger partial charge is 0.490 e. The monoisotopic (exact) mass is 403 g/mol. The maximum absolute atomic E-state index is 13.0. The summed E-state index contributed by atoms with van der Waals surface area (Å²) in [5.41, 5.74) is 0.920. The number of rotatable bonds is 6. The Morgan fingerprint density at radius 3 is 2.57 bits per heavy atom. The molecule has 0 spiro atoms. The van der Waals surface area contributed by atoms with Crippen molar-refractivity contribution in [3.63, 3.8) is 0 Å². The van der Waals surface area contributed by atoms with E-state index < -0.39 is 6.04 Å². The van der Waals surface area contributed by atoms with Crippen LogP contribution in [-0.2, 0) is 0 Å². The highest BCUT2D eigenvalue weighted by Crippen LogP contribution is 2.25. The number of amides is 1. The number of nitrogens with zero attached hydrogens (tertiary/aromatic N) is 2. The number of halogens is 2. The molecule has 1 heterocycles. The Kier molecular flexibility index (Phi) is 5.94. The van der Waals surface area contributed by atoms with Crippen molar-refractivity contribution in [3.05, 3.63) is 64.8 Å². The summed E-state index contributed by atoms with van der Waals surface area (Å²) in [7, 11) is 0. The molecule has 1 unspecified atom stereocenters. The highest BCUT2D eigenvalue weighted by atomic mass is 35.5. The lowest BCUT2D eigenvalue weighted by Gasteiger charge is -2.16. The van der Waals surface area contributed by atoms with Crippen LogP contribution in [0.5, 0.6) is 5.75 Å². The number of hydrogen-bond donors (Lipinski definition) is 1. The molecule has 1 N–H and O–H groups in total. The second-order valence-corrected chi connectivity index (χ2v) is 6.90. The van der Waals surface area contributed by atoms with Gasteiger partial charge in [-0.25, -0.2) is 4.39 Å². The van der Waals surface area contributed by atoms with E-state index in [1.807, 2.05) is 13.8 Å².